The SMILES string of the molecule is Cn1nnc(CN2CCc3ccc(N)cc3C2=O)n1. The van der Waals surface area contributed by atoms with Gasteiger partial charge in [-0.3, -0.25) is 4.79 Å². The van der Waals surface area contributed by atoms with Gasteiger partial charge in [0.1, 0.15) is 0 Å². The third-order valence-corrected chi connectivity index (χ3v) is 3.18. The van der Waals surface area contributed by atoms with Gasteiger partial charge in [-0.05, 0) is 29.3 Å². The fourth-order valence-electron chi connectivity index (χ4n) is 2.25. The summed E-state index contributed by atoms with van der Waals surface area (Å²) in [5, 5.41) is 11.8. The normalized spacial score (nSPS) is 14.6. The predicted octanol–water partition coefficient (Wildman–Crippen LogP) is -0.00920. The minimum absolute atomic E-state index is 0.0268. The van der Waals surface area contributed by atoms with Crippen LogP contribution in [0.15, 0.2) is 18.2 Å². The van der Waals surface area contributed by atoms with E-state index in [1.807, 2.05) is 12.1 Å². The molecule has 7 nitrogen and oxygen atoms in total. The lowest BCUT2D eigenvalue weighted by atomic mass is 9.98. The van der Waals surface area contributed by atoms with Gasteiger partial charge in [0, 0.05) is 17.8 Å². The molecule has 0 aliphatic carbocycles. The number of nitrogens with two attached hydrogens (primary N) is 1. The number of amides is 1. The van der Waals surface area contributed by atoms with Gasteiger partial charge in [-0.1, -0.05) is 6.07 Å². The summed E-state index contributed by atoms with van der Waals surface area (Å²) in [5.41, 5.74) is 8.06. The van der Waals surface area contributed by atoms with Crippen molar-refractivity contribution in [3.63, 3.8) is 0 Å². The summed E-state index contributed by atoms with van der Waals surface area (Å²) >= 11 is 0. The molecule has 0 spiro atoms. The van der Waals surface area contributed by atoms with Crippen LogP contribution in [0, 0.1) is 0 Å². The second-order valence-electron chi connectivity index (χ2n) is 4.59. The molecule has 7 heteroatoms. The van der Waals surface area contributed by atoms with Crippen molar-refractivity contribution in [2.75, 3.05) is 12.3 Å². The standard InChI is InChI=1S/C12H14N6O/c1-17-15-11(14-16-17)7-18-5-4-8-2-3-9(13)6-10(8)12(18)19/h2-3,6H,4-5,7,13H2,1H3. The fraction of sp³-hybridized carbons (Fsp3) is 0.333. The number of hydrogen-bond donors (Lipinski definition) is 1. The van der Waals surface area contributed by atoms with E-state index in [1.54, 1.807) is 18.0 Å². The van der Waals surface area contributed by atoms with Gasteiger partial charge in [-0.25, -0.2) is 0 Å². The Labute approximate surface area is 110 Å². The van der Waals surface area contributed by atoms with Crippen LogP contribution in [0.2, 0.25) is 0 Å². The molecule has 0 atom stereocenters. The number of rotatable bonds is 2. The first-order chi connectivity index (χ1) is 9.13. The summed E-state index contributed by atoms with van der Waals surface area (Å²) in [6.07, 6.45) is 0.821. The van der Waals surface area contributed by atoms with Gasteiger partial charge in [0.2, 0.25) is 0 Å². The van der Waals surface area contributed by atoms with Gasteiger partial charge in [0.05, 0.1) is 13.6 Å². The van der Waals surface area contributed by atoms with Crippen molar-refractivity contribution < 1.29 is 4.79 Å². The maximum Gasteiger partial charge on any atom is 0.254 e. The molecule has 3 rings (SSSR count). The number of nitrogens with zero attached hydrogens (tertiary/aromatic N) is 5. The first-order valence-electron chi connectivity index (χ1n) is 6.04. The molecule has 0 radical (unpaired) electrons. The molecule has 0 fully saturated rings. The van der Waals surface area contributed by atoms with Gasteiger partial charge in [-0.15, -0.1) is 10.2 Å². The predicted molar refractivity (Wildman–Crippen MR) is 68.1 cm³/mol. The van der Waals surface area contributed by atoms with Gasteiger partial charge in [-0.2, -0.15) is 4.80 Å². The lowest BCUT2D eigenvalue weighted by molar-refractivity contribution is 0.0722. The highest BCUT2D eigenvalue weighted by molar-refractivity contribution is 5.97. The minimum atomic E-state index is -0.0268. The first kappa shape index (κ1) is 11.6. The van der Waals surface area contributed by atoms with E-state index in [-0.39, 0.29) is 5.91 Å². The Morgan fingerprint density at radius 3 is 3.00 bits per heavy atom. The number of tetrazole rings is 1. The molecule has 0 bridgehead atoms. The van der Waals surface area contributed by atoms with E-state index >= 15 is 0 Å². The number of carbonyl (C=O) groups is 1. The Morgan fingerprint density at radius 2 is 2.26 bits per heavy atom. The molecule has 1 aromatic heterocycles. The molecule has 2 aromatic rings. The van der Waals surface area contributed by atoms with Crippen LogP contribution in [-0.2, 0) is 20.0 Å². The number of hydrogen-bond acceptors (Lipinski definition) is 5. The van der Waals surface area contributed by atoms with Crippen LogP contribution in [0.3, 0.4) is 0 Å². The molecule has 1 aromatic carbocycles. The number of benzene rings is 1. The fourth-order valence-corrected chi connectivity index (χ4v) is 2.25. The summed E-state index contributed by atoms with van der Waals surface area (Å²) in [5.74, 6) is 0.518. The molecule has 0 saturated heterocycles. The quantitative estimate of drug-likeness (QED) is 0.765. The second-order valence-corrected chi connectivity index (χ2v) is 4.59. The lowest BCUT2D eigenvalue weighted by Gasteiger charge is -2.27. The average Bonchev–Trinajstić information content (AvgIpc) is 2.79. The van der Waals surface area contributed by atoms with Crippen LogP contribution < -0.4 is 5.73 Å². The molecule has 0 saturated carbocycles. The lowest BCUT2D eigenvalue weighted by Crippen LogP contribution is -2.37. The molecular formula is C12H14N6O. The van der Waals surface area contributed by atoms with E-state index in [0.717, 1.165) is 12.0 Å². The van der Waals surface area contributed by atoms with Crippen LogP contribution in [0.1, 0.15) is 21.7 Å². The summed E-state index contributed by atoms with van der Waals surface area (Å²) in [6.45, 7) is 1.04. The van der Waals surface area contributed by atoms with Gasteiger partial charge in [0.25, 0.3) is 5.91 Å². The highest BCUT2D eigenvalue weighted by Gasteiger charge is 2.25. The van der Waals surface area contributed by atoms with Crippen LogP contribution in [0.4, 0.5) is 5.69 Å². The molecule has 0 unspecified atom stereocenters. The van der Waals surface area contributed by atoms with Gasteiger partial charge in [0.15, 0.2) is 5.82 Å². The molecule has 19 heavy (non-hydrogen) atoms. The van der Waals surface area contributed by atoms with E-state index in [9.17, 15) is 4.79 Å². The zero-order valence-corrected chi connectivity index (χ0v) is 10.6. The summed E-state index contributed by atoms with van der Waals surface area (Å²) < 4.78 is 0. The minimum Gasteiger partial charge on any atom is -0.399 e. The Balaban J connectivity index is 1.85. The average molecular weight is 258 g/mol. The first-order valence-corrected chi connectivity index (χ1v) is 6.04. The van der Waals surface area contributed by atoms with Crippen molar-refractivity contribution in [1.82, 2.24) is 25.1 Å². The largest absolute Gasteiger partial charge is 0.399 e. The third kappa shape index (κ3) is 2.14. The number of anilines is 1. The Morgan fingerprint density at radius 1 is 1.42 bits per heavy atom. The summed E-state index contributed by atoms with van der Waals surface area (Å²) in [7, 11) is 1.70. The number of aryl methyl sites for hydroxylation is 1. The van der Waals surface area contributed by atoms with Crippen LogP contribution >= 0.6 is 0 Å². The van der Waals surface area contributed by atoms with Crippen molar-refractivity contribution in [2.45, 2.75) is 13.0 Å². The maximum absolute atomic E-state index is 12.4. The zero-order chi connectivity index (χ0) is 13.4. The van der Waals surface area contributed by atoms with E-state index in [4.69, 9.17) is 5.73 Å². The zero-order valence-electron chi connectivity index (χ0n) is 10.6. The second kappa shape index (κ2) is 4.34. The van der Waals surface area contributed by atoms with Crippen molar-refractivity contribution in [3.05, 3.63) is 35.2 Å². The van der Waals surface area contributed by atoms with E-state index in [0.29, 0.717) is 30.2 Å². The summed E-state index contributed by atoms with van der Waals surface area (Å²) in [4.78, 5) is 15.5. The van der Waals surface area contributed by atoms with E-state index in [2.05, 4.69) is 15.4 Å². The van der Waals surface area contributed by atoms with E-state index in [1.165, 1.54) is 4.80 Å². The Kier molecular flexibility index (Phi) is 2.66. The highest BCUT2D eigenvalue weighted by Crippen LogP contribution is 2.22. The Bertz CT molecular complexity index is 635. The number of carbonyl (C=O) groups excluding carboxylic acids is 1. The van der Waals surface area contributed by atoms with Crippen LogP contribution in [-0.4, -0.2) is 37.6 Å². The van der Waals surface area contributed by atoms with Crippen molar-refractivity contribution in [3.8, 4) is 0 Å². The summed E-state index contributed by atoms with van der Waals surface area (Å²) in [6, 6.07) is 5.47. The smallest absolute Gasteiger partial charge is 0.254 e. The van der Waals surface area contributed by atoms with Crippen LogP contribution in [0.5, 0.6) is 0 Å². The van der Waals surface area contributed by atoms with Crippen LogP contribution in [0.25, 0.3) is 0 Å². The monoisotopic (exact) mass is 258 g/mol. The molecule has 2 N–H and O–H groups in total. The van der Waals surface area contributed by atoms with Gasteiger partial charge >= 0.3 is 0 Å². The third-order valence-electron chi connectivity index (χ3n) is 3.18. The van der Waals surface area contributed by atoms with Gasteiger partial charge < -0.3 is 10.6 Å². The molecular weight excluding hydrogens is 244 g/mol. The molecule has 1 amide bonds. The van der Waals surface area contributed by atoms with Crippen molar-refractivity contribution in [1.29, 1.82) is 0 Å². The molecule has 1 aliphatic rings. The topological polar surface area (TPSA) is 89.9 Å². The number of aromatic nitrogens is 4. The van der Waals surface area contributed by atoms with Crippen molar-refractivity contribution in [2.24, 2.45) is 7.05 Å². The van der Waals surface area contributed by atoms with Crippen molar-refractivity contribution >= 4 is 11.6 Å². The maximum atomic E-state index is 12.4. The molecule has 2 heterocycles. The molecule has 98 valence electrons. The molecule has 1 aliphatic heterocycles. The number of nitrogen functional groups attached to an aromatic ring is 1. The number of fused-ring (bicyclic) bond motifs is 1. The Hall–Kier alpha value is -2.44. The highest BCUT2D eigenvalue weighted by atomic mass is 16.2. The van der Waals surface area contributed by atoms with E-state index < -0.39 is 0 Å².